The number of benzene rings is 1. The number of nitrogens with zero attached hydrogens (tertiary/aromatic N) is 2. The molecule has 1 aromatic carbocycles. The standard InChI is InChI=1S/C15H16F2N4O.ClH/c1-21-8-9(5-19-21)13-6-18-7-14(13)15(22)20-12-3-10(16)2-11(17)4-12;/h2-5,8,13-14,18H,6-7H2,1H3,(H,20,22);1H/t13-,14+;/m1./s1. The lowest BCUT2D eigenvalue weighted by Gasteiger charge is -2.17. The minimum Gasteiger partial charge on any atom is -0.326 e. The van der Waals surface area contributed by atoms with Crippen molar-refractivity contribution in [2.45, 2.75) is 5.92 Å². The van der Waals surface area contributed by atoms with E-state index in [9.17, 15) is 13.6 Å². The van der Waals surface area contributed by atoms with E-state index in [-0.39, 0.29) is 35.8 Å². The van der Waals surface area contributed by atoms with Crippen LogP contribution in [0.4, 0.5) is 14.5 Å². The van der Waals surface area contributed by atoms with E-state index in [1.807, 2.05) is 13.2 Å². The van der Waals surface area contributed by atoms with Gasteiger partial charge in [-0.15, -0.1) is 12.4 Å². The van der Waals surface area contributed by atoms with Crippen LogP contribution < -0.4 is 10.6 Å². The molecule has 23 heavy (non-hydrogen) atoms. The molecular formula is C15H17ClF2N4O. The Kier molecular flexibility index (Phi) is 5.33. The molecule has 2 heterocycles. The van der Waals surface area contributed by atoms with Crippen LogP contribution in [0.1, 0.15) is 11.5 Å². The van der Waals surface area contributed by atoms with Crippen molar-refractivity contribution in [3.8, 4) is 0 Å². The van der Waals surface area contributed by atoms with E-state index in [0.717, 1.165) is 23.8 Å². The van der Waals surface area contributed by atoms with Crippen LogP contribution in [0.5, 0.6) is 0 Å². The Hall–Kier alpha value is -1.99. The van der Waals surface area contributed by atoms with E-state index < -0.39 is 11.6 Å². The molecule has 2 aromatic rings. The number of anilines is 1. The summed E-state index contributed by atoms with van der Waals surface area (Å²) in [5, 5.41) is 9.88. The molecule has 1 aromatic heterocycles. The lowest BCUT2D eigenvalue weighted by atomic mass is 9.90. The molecule has 0 unspecified atom stereocenters. The molecule has 0 bridgehead atoms. The Morgan fingerprint density at radius 3 is 2.61 bits per heavy atom. The molecular weight excluding hydrogens is 326 g/mol. The smallest absolute Gasteiger partial charge is 0.229 e. The monoisotopic (exact) mass is 342 g/mol. The van der Waals surface area contributed by atoms with Crippen LogP contribution in [0.3, 0.4) is 0 Å². The maximum absolute atomic E-state index is 13.2. The molecule has 5 nitrogen and oxygen atoms in total. The lowest BCUT2D eigenvalue weighted by Crippen LogP contribution is -2.28. The van der Waals surface area contributed by atoms with Gasteiger partial charge in [0.25, 0.3) is 0 Å². The van der Waals surface area contributed by atoms with Crippen molar-refractivity contribution in [2.24, 2.45) is 13.0 Å². The highest BCUT2D eigenvalue weighted by atomic mass is 35.5. The Morgan fingerprint density at radius 2 is 2.00 bits per heavy atom. The van der Waals surface area contributed by atoms with Gasteiger partial charge in [0.2, 0.25) is 5.91 Å². The van der Waals surface area contributed by atoms with Gasteiger partial charge in [-0.25, -0.2) is 8.78 Å². The molecule has 2 N–H and O–H groups in total. The fraction of sp³-hybridized carbons (Fsp3) is 0.333. The van der Waals surface area contributed by atoms with Gasteiger partial charge >= 0.3 is 0 Å². The minimum atomic E-state index is -0.719. The van der Waals surface area contributed by atoms with E-state index in [0.29, 0.717) is 13.1 Å². The van der Waals surface area contributed by atoms with Crippen molar-refractivity contribution in [3.63, 3.8) is 0 Å². The highest BCUT2D eigenvalue weighted by Gasteiger charge is 2.34. The summed E-state index contributed by atoms with van der Waals surface area (Å²) in [5.41, 5.74) is 1.09. The molecule has 124 valence electrons. The first kappa shape index (κ1) is 17.4. The number of hydrogen-bond donors (Lipinski definition) is 2. The van der Waals surface area contributed by atoms with E-state index in [4.69, 9.17) is 0 Å². The van der Waals surface area contributed by atoms with Crippen molar-refractivity contribution >= 4 is 24.0 Å². The number of hydrogen-bond acceptors (Lipinski definition) is 3. The van der Waals surface area contributed by atoms with Crippen molar-refractivity contribution in [1.82, 2.24) is 15.1 Å². The number of carbonyl (C=O) groups excluding carboxylic acids is 1. The van der Waals surface area contributed by atoms with E-state index in [2.05, 4.69) is 15.7 Å². The number of halogens is 3. The zero-order valence-corrected chi connectivity index (χ0v) is 13.2. The summed E-state index contributed by atoms with van der Waals surface area (Å²) in [6, 6.07) is 2.97. The van der Waals surface area contributed by atoms with E-state index in [1.165, 1.54) is 0 Å². The van der Waals surface area contributed by atoms with Crippen LogP contribution >= 0.6 is 12.4 Å². The SMILES string of the molecule is Cl.Cn1cc([C@H]2CNC[C@@H]2C(=O)Nc2cc(F)cc(F)c2)cn1. The molecule has 0 spiro atoms. The van der Waals surface area contributed by atoms with Gasteiger partial charge in [-0.3, -0.25) is 9.48 Å². The molecule has 1 aliphatic rings. The molecule has 0 aliphatic carbocycles. The summed E-state index contributed by atoms with van der Waals surface area (Å²) in [7, 11) is 1.82. The molecule has 0 saturated carbocycles. The summed E-state index contributed by atoms with van der Waals surface area (Å²) in [4.78, 5) is 12.4. The third-order valence-electron chi connectivity index (χ3n) is 3.83. The summed E-state index contributed by atoms with van der Waals surface area (Å²) >= 11 is 0. The van der Waals surface area contributed by atoms with Gasteiger partial charge in [-0.05, 0) is 17.7 Å². The first-order chi connectivity index (χ1) is 10.5. The number of aromatic nitrogens is 2. The molecule has 0 radical (unpaired) electrons. The van der Waals surface area contributed by atoms with Gasteiger partial charge in [0.15, 0.2) is 0 Å². The molecule has 1 aliphatic heterocycles. The fourth-order valence-corrected chi connectivity index (χ4v) is 2.80. The molecule has 3 rings (SSSR count). The van der Waals surface area contributed by atoms with Crippen LogP contribution in [0.15, 0.2) is 30.6 Å². The number of nitrogens with one attached hydrogen (secondary N) is 2. The van der Waals surface area contributed by atoms with Crippen LogP contribution in [0, 0.1) is 17.6 Å². The Balaban J connectivity index is 0.00000192. The Labute approximate surface area is 138 Å². The maximum Gasteiger partial charge on any atom is 0.229 e. The summed E-state index contributed by atoms with van der Waals surface area (Å²) in [5.74, 6) is -2.01. The Bertz CT molecular complexity index is 686. The minimum absolute atomic E-state index is 0. The average molecular weight is 343 g/mol. The zero-order chi connectivity index (χ0) is 15.7. The van der Waals surface area contributed by atoms with Crippen molar-refractivity contribution in [3.05, 3.63) is 47.8 Å². The molecule has 1 fully saturated rings. The highest BCUT2D eigenvalue weighted by Crippen LogP contribution is 2.29. The number of rotatable bonds is 3. The van der Waals surface area contributed by atoms with E-state index >= 15 is 0 Å². The predicted octanol–water partition coefficient (Wildman–Crippen LogP) is 2.06. The Morgan fingerprint density at radius 1 is 1.30 bits per heavy atom. The quantitative estimate of drug-likeness (QED) is 0.897. The van der Waals surface area contributed by atoms with Crippen molar-refractivity contribution in [1.29, 1.82) is 0 Å². The fourth-order valence-electron chi connectivity index (χ4n) is 2.80. The second-order valence-corrected chi connectivity index (χ2v) is 5.47. The molecule has 8 heteroatoms. The van der Waals surface area contributed by atoms with Crippen LogP contribution in [-0.4, -0.2) is 28.8 Å². The highest BCUT2D eigenvalue weighted by molar-refractivity contribution is 5.93. The van der Waals surface area contributed by atoms with Gasteiger partial charge < -0.3 is 10.6 Å². The molecule has 1 saturated heterocycles. The van der Waals surface area contributed by atoms with Crippen molar-refractivity contribution < 1.29 is 13.6 Å². The third-order valence-corrected chi connectivity index (χ3v) is 3.83. The zero-order valence-electron chi connectivity index (χ0n) is 12.4. The second kappa shape index (κ2) is 7.06. The van der Waals surface area contributed by atoms with Gasteiger partial charge in [0.1, 0.15) is 11.6 Å². The third kappa shape index (κ3) is 3.86. The van der Waals surface area contributed by atoms with Gasteiger partial charge in [-0.1, -0.05) is 0 Å². The number of aryl methyl sites for hydroxylation is 1. The van der Waals surface area contributed by atoms with Gasteiger partial charge in [0.05, 0.1) is 12.1 Å². The predicted molar refractivity (Wildman–Crippen MR) is 84.5 cm³/mol. The van der Waals surface area contributed by atoms with Crippen LogP contribution in [-0.2, 0) is 11.8 Å². The molecule has 2 atom stereocenters. The first-order valence-corrected chi connectivity index (χ1v) is 6.99. The normalized spacial score (nSPS) is 20.1. The van der Waals surface area contributed by atoms with Gasteiger partial charge in [0, 0.05) is 44.0 Å². The van der Waals surface area contributed by atoms with Crippen LogP contribution in [0.25, 0.3) is 0 Å². The maximum atomic E-state index is 13.2. The topological polar surface area (TPSA) is 59.0 Å². The average Bonchev–Trinajstić information content (AvgIpc) is 3.05. The second-order valence-electron chi connectivity index (χ2n) is 5.47. The first-order valence-electron chi connectivity index (χ1n) is 6.99. The van der Waals surface area contributed by atoms with Crippen LogP contribution in [0.2, 0.25) is 0 Å². The number of amides is 1. The van der Waals surface area contributed by atoms with Crippen molar-refractivity contribution in [2.75, 3.05) is 18.4 Å². The molecule has 1 amide bonds. The number of carbonyl (C=O) groups is 1. The summed E-state index contributed by atoms with van der Waals surface area (Å²) in [6.45, 7) is 1.19. The van der Waals surface area contributed by atoms with E-state index in [1.54, 1.807) is 10.9 Å². The summed E-state index contributed by atoms with van der Waals surface area (Å²) < 4.78 is 28.1. The largest absolute Gasteiger partial charge is 0.326 e. The van der Waals surface area contributed by atoms with Gasteiger partial charge in [-0.2, -0.15) is 5.10 Å². The lowest BCUT2D eigenvalue weighted by molar-refractivity contribution is -0.119. The summed E-state index contributed by atoms with van der Waals surface area (Å²) in [6.07, 6.45) is 3.61.